The van der Waals surface area contributed by atoms with Crippen LogP contribution in [0.5, 0.6) is 0 Å². The third-order valence-corrected chi connectivity index (χ3v) is 3.16. The summed E-state index contributed by atoms with van der Waals surface area (Å²) in [5.41, 5.74) is 2.36. The van der Waals surface area contributed by atoms with Gasteiger partial charge in [0.1, 0.15) is 6.10 Å². The fraction of sp³-hybridized carbons (Fsp3) is 0.643. The van der Waals surface area contributed by atoms with E-state index in [2.05, 4.69) is 12.7 Å². The van der Waals surface area contributed by atoms with Crippen molar-refractivity contribution in [3.8, 4) is 0 Å². The van der Waals surface area contributed by atoms with Gasteiger partial charge >= 0.3 is 5.97 Å². The van der Waals surface area contributed by atoms with E-state index in [1.165, 1.54) is 11.1 Å². The molecule has 0 fully saturated rings. The molecule has 2 atom stereocenters. The van der Waals surface area contributed by atoms with E-state index in [0.29, 0.717) is 12.3 Å². The molecule has 0 heterocycles. The summed E-state index contributed by atoms with van der Waals surface area (Å²) in [5.74, 6) is 0.380. The van der Waals surface area contributed by atoms with Gasteiger partial charge in [-0.25, -0.2) is 0 Å². The first-order chi connectivity index (χ1) is 7.54. The third-order valence-electron chi connectivity index (χ3n) is 3.16. The largest absolute Gasteiger partial charge is 0.458 e. The van der Waals surface area contributed by atoms with Crippen molar-refractivity contribution in [3.63, 3.8) is 0 Å². The van der Waals surface area contributed by atoms with Gasteiger partial charge in [-0.15, -0.1) is 0 Å². The first-order valence-electron chi connectivity index (χ1n) is 6.06. The first kappa shape index (κ1) is 13.0. The van der Waals surface area contributed by atoms with Crippen molar-refractivity contribution in [1.29, 1.82) is 0 Å². The van der Waals surface area contributed by atoms with E-state index in [-0.39, 0.29) is 12.1 Å². The lowest BCUT2D eigenvalue weighted by Crippen LogP contribution is -2.26. The van der Waals surface area contributed by atoms with Gasteiger partial charge in [-0.05, 0) is 44.6 Å². The molecule has 0 bridgehead atoms. The molecule has 0 unspecified atom stereocenters. The predicted octanol–water partition coefficient (Wildman–Crippen LogP) is 3.63. The van der Waals surface area contributed by atoms with Crippen LogP contribution in [0.3, 0.4) is 0 Å². The Labute approximate surface area is 98.4 Å². The molecule has 0 spiro atoms. The average Bonchev–Trinajstić information content (AvgIpc) is 2.21. The summed E-state index contributed by atoms with van der Waals surface area (Å²) in [4.78, 5) is 11.5. The molecular weight excluding hydrogens is 200 g/mol. The van der Waals surface area contributed by atoms with Crippen molar-refractivity contribution in [2.24, 2.45) is 5.92 Å². The van der Waals surface area contributed by atoms with Gasteiger partial charge in [-0.2, -0.15) is 0 Å². The second-order valence-electron chi connectivity index (χ2n) is 4.69. The van der Waals surface area contributed by atoms with Crippen LogP contribution in [0.1, 0.15) is 46.5 Å². The third kappa shape index (κ3) is 3.51. The van der Waals surface area contributed by atoms with Crippen LogP contribution in [0.2, 0.25) is 0 Å². The summed E-state index contributed by atoms with van der Waals surface area (Å²) >= 11 is 0. The van der Waals surface area contributed by atoms with Crippen LogP contribution in [0.4, 0.5) is 0 Å². The average molecular weight is 222 g/mol. The minimum atomic E-state index is -0.0809. The lowest BCUT2D eigenvalue weighted by atomic mass is 9.84. The summed E-state index contributed by atoms with van der Waals surface area (Å²) in [6, 6.07) is 0. The highest BCUT2D eigenvalue weighted by atomic mass is 16.5. The molecule has 0 aliphatic heterocycles. The minimum absolute atomic E-state index is 0.0329. The van der Waals surface area contributed by atoms with Crippen molar-refractivity contribution in [3.05, 3.63) is 23.8 Å². The molecule has 2 heteroatoms. The van der Waals surface area contributed by atoms with Gasteiger partial charge in [0.05, 0.1) is 0 Å². The Balaban J connectivity index is 2.58. The molecular formula is C14H22O2. The second-order valence-corrected chi connectivity index (χ2v) is 4.69. The van der Waals surface area contributed by atoms with Gasteiger partial charge in [0.25, 0.3) is 0 Å². The molecule has 0 aromatic rings. The maximum Gasteiger partial charge on any atom is 0.306 e. The fourth-order valence-electron chi connectivity index (χ4n) is 1.97. The van der Waals surface area contributed by atoms with Gasteiger partial charge in [0.15, 0.2) is 0 Å². The van der Waals surface area contributed by atoms with Crippen LogP contribution >= 0.6 is 0 Å². The molecule has 0 saturated carbocycles. The van der Waals surface area contributed by atoms with Crippen molar-refractivity contribution in [2.45, 2.75) is 52.6 Å². The van der Waals surface area contributed by atoms with Crippen molar-refractivity contribution >= 4 is 5.97 Å². The number of hydrogen-bond acceptors (Lipinski definition) is 2. The van der Waals surface area contributed by atoms with Crippen LogP contribution in [-0.4, -0.2) is 12.1 Å². The highest BCUT2D eigenvalue weighted by Gasteiger charge is 2.25. The van der Waals surface area contributed by atoms with E-state index in [0.717, 1.165) is 19.3 Å². The highest BCUT2D eigenvalue weighted by Crippen LogP contribution is 2.30. The Hall–Kier alpha value is -1.05. The van der Waals surface area contributed by atoms with Crippen LogP contribution < -0.4 is 0 Å². The zero-order valence-corrected chi connectivity index (χ0v) is 10.6. The summed E-state index contributed by atoms with van der Waals surface area (Å²) in [7, 11) is 0. The van der Waals surface area contributed by atoms with Crippen molar-refractivity contribution < 1.29 is 9.53 Å². The van der Waals surface area contributed by atoms with Crippen LogP contribution in [0.15, 0.2) is 23.8 Å². The number of hydrogen-bond donors (Lipinski definition) is 0. The van der Waals surface area contributed by atoms with E-state index in [1.807, 2.05) is 20.8 Å². The summed E-state index contributed by atoms with van der Waals surface area (Å²) < 4.78 is 5.48. The van der Waals surface area contributed by atoms with E-state index in [9.17, 15) is 4.79 Å². The Bertz CT molecular complexity index is 302. The van der Waals surface area contributed by atoms with Gasteiger partial charge in [-0.3, -0.25) is 4.79 Å². The molecule has 2 nitrogen and oxygen atoms in total. The highest BCUT2D eigenvalue weighted by molar-refractivity contribution is 5.69. The standard InChI is InChI=1S/C14H22O2/c1-5-6-14(15)16-13-9-12(10(2)3)8-7-11(13)4/h7,12-13H,2,5-6,8-9H2,1,3-4H3/t12-,13-/m1/s1. The summed E-state index contributed by atoms with van der Waals surface area (Å²) in [5, 5.41) is 0. The van der Waals surface area contributed by atoms with Gasteiger partial charge < -0.3 is 4.74 Å². The zero-order chi connectivity index (χ0) is 12.1. The number of carbonyl (C=O) groups is 1. The molecule has 1 aliphatic rings. The van der Waals surface area contributed by atoms with E-state index < -0.39 is 0 Å². The molecule has 1 rings (SSSR count). The van der Waals surface area contributed by atoms with Gasteiger partial charge in [0.2, 0.25) is 0 Å². The second kappa shape index (κ2) is 5.88. The lowest BCUT2D eigenvalue weighted by Gasteiger charge is -2.28. The SMILES string of the molecule is C=C(C)[C@@H]1CC=C(C)[C@H](OC(=O)CCC)C1. The van der Waals surface area contributed by atoms with Gasteiger partial charge in [0, 0.05) is 6.42 Å². The molecule has 0 aromatic heterocycles. The molecule has 16 heavy (non-hydrogen) atoms. The number of ether oxygens (including phenoxy) is 1. The van der Waals surface area contributed by atoms with E-state index in [4.69, 9.17) is 4.74 Å². The Kier molecular flexibility index (Phi) is 4.78. The molecule has 0 aromatic carbocycles. The number of esters is 1. The Morgan fingerprint density at radius 1 is 1.62 bits per heavy atom. The lowest BCUT2D eigenvalue weighted by molar-refractivity contribution is -0.148. The summed E-state index contributed by atoms with van der Waals surface area (Å²) in [6.45, 7) is 10.1. The predicted molar refractivity (Wildman–Crippen MR) is 66.1 cm³/mol. The monoisotopic (exact) mass is 222 g/mol. The number of allylic oxidation sites excluding steroid dienone is 2. The Morgan fingerprint density at radius 3 is 2.88 bits per heavy atom. The fourth-order valence-corrected chi connectivity index (χ4v) is 1.97. The van der Waals surface area contributed by atoms with Crippen molar-refractivity contribution in [1.82, 2.24) is 0 Å². The topological polar surface area (TPSA) is 26.3 Å². The minimum Gasteiger partial charge on any atom is -0.458 e. The van der Waals surface area contributed by atoms with Crippen LogP contribution in [-0.2, 0) is 9.53 Å². The maximum absolute atomic E-state index is 11.5. The quantitative estimate of drug-likeness (QED) is 0.536. The maximum atomic E-state index is 11.5. The van der Waals surface area contributed by atoms with E-state index in [1.54, 1.807) is 0 Å². The van der Waals surface area contributed by atoms with Crippen LogP contribution in [0, 0.1) is 5.92 Å². The molecule has 0 N–H and O–H groups in total. The number of rotatable bonds is 4. The molecule has 1 aliphatic carbocycles. The van der Waals surface area contributed by atoms with Crippen molar-refractivity contribution in [2.75, 3.05) is 0 Å². The Morgan fingerprint density at radius 2 is 2.31 bits per heavy atom. The molecule has 0 saturated heterocycles. The zero-order valence-electron chi connectivity index (χ0n) is 10.6. The van der Waals surface area contributed by atoms with Gasteiger partial charge in [-0.1, -0.05) is 25.2 Å². The normalized spacial score (nSPS) is 24.8. The smallest absolute Gasteiger partial charge is 0.306 e. The van der Waals surface area contributed by atoms with Crippen LogP contribution in [0.25, 0.3) is 0 Å². The molecule has 0 amide bonds. The molecule has 90 valence electrons. The summed E-state index contributed by atoms with van der Waals surface area (Å²) in [6.07, 6.45) is 5.43. The number of carbonyl (C=O) groups excluding carboxylic acids is 1. The van der Waals surface area contributed by atoms with E-state index >= 15 is 0 Å². The molecule has 0 radical (unpaired) electrons. The first-order valence-corrected chi connectivity index (χ1v) is 6.06.